The molecule has 0 bridgehead atoms. The van der Waals surface area contributed by atoms with Crippen LogP contribution in [0.3, 0.4) is 0 Å². The summed E-state index contributed by atoms with van der Waals surface area (Å²) in [5, 5.41) is 4.01. The molecule has 0 radical (unpaired) electrons. The third-order valence-corrected chi connectivity index (χ3v) is 4.26. The lowest BCUT2D eigenvalue weighted by atomic mass is 10.1. The van der Waals surface area contributed by atoms with Gasteiger partial charge in [0.1, 0.15) is 4.90 Å². The summed E-state index contributed by atoms with van der Waals surface area (Å²) in [6, 6.07) is 6.36. The first kappa shape index (κ1) is 14.3. The zero-order chi connectivity index (χ0) is 14.9. The van der Waals surface area contributed by atoms with Gasteiger partial charge in [-0.15, -0.1) is 0 Å². The Labute approximate surface area is 117 Å². The Hall–Kier alpha value is -2.15. The number of benzene rings is 1. The smallest absolute Gasteiger partial charge is 0.265 e. The van der Waals surface area contributed by atoms with Crippen molar-refractivity contribution in [3.8, 4) is 0 Å². The summed E-state index contributed by atoms with van der Waals surface area (Å²) < 4.78 is 28.4. The number of rotatable bonds is 4. The predicted molar refractivity (Wildman–Crippen MR) is 75.2 cm³/mol. The predicted octanol–water partition coefficient (Wildman–Crippen LogP) is 1.73. The monoisotopic (exact) mass is 293 g/mol. The van der Waals surface area contributed by atoms with E-state index >= 15 is 0 Å². The summed E-state index contributed by atoms with van der Waals surface area (Å²) >= 11 is 0. The molecule has 0 aliphatic rings. The van der Waals surface area contributed by atoms with Crippen molar-refractivity contribution in [3.63, 3.8) is 0 Å². The summed E-state index contributed by atoms with van der Waals surface area (Å²) in [5.74, 6) is -0.122. The zero-order valence-electron chi connectivity index (χ0n) is 11.4. The number of Topliss-reactive ketones (excluding diaryl/α,β-unsaturated/α-hetero) is 1. The first-order valence-electron chi connectivity index (χ1n) is 5.93. The molecule has 0 saturated heterocycles. The number of carbonyl (C=O) groups is 1. The highest BCUT2D eigenvalue weighted by Gasteiger charge is 2.20. The van der Waals surface area contributed by atoms with Gasteiger partial charge in [0.25, 0.3) is 10.0 Å². The van der Waals surface area contributed by atoms with Gasteiger partial charge in [0.2, 0.25) is 0 Å². The maximum atomic E-state index is 12.3. The SMILES string of the molecule is CC(=O)c1cccc(NS(=O)(=O)c2cn(C)nc2C)c1. The summed E-state index contributed by atoms with van der Waals surface area (Å²) in [7, 11) is -2.06. The van der Waals surface area contributed by atoms with Crippen LogP contribution >= 0.6 is 0 Å². The molecule has 0 amide bonds. The number of anilines is 1. The molecule has 20 heavy (non-hydrogen) atoms. The van der Waals surface area contributed by atoms with Gasteiger partial charge in [-0.3, -0.25) is 14.2 Å². The molecule has 1 aromatic carbocycles. The molecule has 2 rings (SSSR count). The number of hydrogen-bond donors (Lipinski definition) is 1. The van der Waals surface area contributed by atoms with E-state index in [4.69, 9.17) is 0 Å². The van der Waals surface area contributed by atoms with Crippen molar-refractivity contribution < 1.29 is 13.2 Å². The number of aryl methyl sites for hydroxylation is 2. The molecule has 0 saturated carbocycles. The van der Waals surface area contributed by atoms with Gasteiger partial charge in [0.15, 0.2) is 5.78 Å². The van der Waals surface area contributed by atoms with Crippen molar-refractivity contribution in [2.45, 2.75) is 18.7 Å². The van der Waals surface area contributed by atoms with E-state index in [1.807, 2.05) is 0 Å². The van der Waals surface area contributed by atoms with Crippen LogP contribution in [0.5, 0.6) is 0 Å². The second-order valence-electron chi connectivity index (χ2n) is 4.49. The van der Waals surface area contributed by atoms with Crippen LogP contribution < -0.4 is 4.72 Å². The fraction of sp³-hybridized carbons (Fsp3) is 0.231. The Kier molecular flexibility index (Phi) is 3.63. The average Bonchev–Trinajstić information content (AvgIpc) is 2.69. The number of ketones is 1. The van der Waals surface area contributed by atoms with Crippen LogP contribution in [0.2, 0.25) is 0 Å². The zero-order valence-corrected chi connectivity index (χ0v) is 12.2. The van der Waals surface area contributed by atoms with E-state index in [0.717, 1.165) is 0 Å². The largest absolute Gasteiger partial charge is 0.295 e. The van der Waals surface area contributed by atoms with Gasteiger partial charge < -0.3 is 0 Å². The minimum absolute atomic E-state index is 0.119. The van der Waals surface area contributed by atoms with Gasteiger partial charge >= 0.3 is 0 Å². The topological polar surface area (TPSA) is 81.1 Å². The van der Waals surface area contributed by atoms with Crippen LogP contribution in [0.4, 0.5) is 5.69 Å². The lowest BCUT2D eigenvalue weighted by Crippen LogP contribution is -2.13. The van der Waals surface area contributed by atoms with Crippen molar-refractivity contribution in [1.82, 2.24) is 9.78 Å². The highest BCUT2D eigenvalue weighted by Crippen LogP contribution is 2.19. The Morgan fingerprint density at radius 2 is 2.05 bits per heavy atom. The van der Waals surface area contributed by atoms with Gasteiger partial charge in [-0.25, -0.2) is 8.42 Å². The van der Waals surface area contributed by atoms with E-state index < -0.39 is 10.0 Å². The van der Waals surface area contributed by atoms with Crippen LogP contribution in [0.25, 0.3) is 0 Å². The molecule has 0 aliphatic carbocycles. The van der Waals surface area contributed by atoms with Crippen LogP contribution in [0.1, 0.15) is 23.0 Å². The Morgan fingerprint density at radius 3 is 2.60 bits per heavy atom. The van der Waals surface area contributed by atoms with E-state index in [-0.39, 0.29) is 10.7 Å². The molecular weight excluding hydrogens is 278 g/mol. The fourth-order valence-corrected chi connectivity index (χ4v) is 3.12. The number of nitrogens with one attached hydrogen (secondary N) is 1. The summed E-state index contributed by atoms with van der Waals surface area (Å²) in [4.78, 5) is 11.4. The lowest BCUT2D eigenvalue weighted by Gasteiger charge is -2.07. The normalized spacial score (nSPS) is 11.3. The minimum Gasteiger partial charge on any atom is -0.295 e. The third kappa shape index (κ3) is 2.88. The van der Waals surface area contributed by atoms with E-state index in [1.165, 1.54) is 23.9 Å². The third-order valence-electron chi connectivity index (χ3n) is 2.78. The molecule has 6 nitrogen and oxygen atoms in total. The van der Waals surface area contributed by atoms with Crippen molar-refractivity contribution in [3.05, 3.63) is 41.7 Å². The van der Waals surface area contributed by atoms with Crippen molar-refractivity contribution in [2.75, 3.05) is 4.72 Å². The molecule has 7 heteroatoms. The van der Waals surface area contributed by atoms with Gasteiger partial charge in [0, 0.05) is 24.5 Å². The average molecular weight is 293 g/mol. The van der Waals surface area contributed by atoms with Gasteiger partial charge in [-0.05, 0) is 26.0 Å². The molecule has 0 fully saturated rings. The van der Waals surface area contributed by atoms with E-state index in [0.29, 0.717) is 16.9 Å². The fourth-order valence-electron chi connectivity index (χ4n) is 1.85. The molecule has 106 valence electrons. The van der Waals surface area contributed by atoms with Gasteiger partial charge in [0.05, 0.1) is 5.69 Å². The molecule has 0 atom stereocenters. The van der Waals surface area contributed by atoms with Gasteiger partial charge in [-0.2, -0.15) is 5.10 Å². The molecule has 0 unspecified atom stereocenters. The van der Waals surface area contributed by atoms with Crippen molar-refractivity contribution >= 4 is 21.5 Å². The van der Waals surface area contributed by atoms with Gasteiger partial charge in [-0.1, -0.05) is 12.1 Å². The molecule has 0 spiro atoms. The van der Waals surface area contributed by atoms with E-state index in [1.54, 1.807) is 32.2 Å². The molecule has 0 aliphatic heterocycles. The number of hydrogen-bond acceptors (Lipinski definition) is 4. The highest BCUT2D eigenvalue weighted by molar-refractivity contribution is 7.92. The van der Waals surface area contributed by atoms with Crippen LogP contribution in [-0.2, 0) is 17.1 Å². The number of aromatic nitrogens is 2. The maximum Gasteiger partial charge on any atom is 0.265 e. The maximum absolute atomic E-state index is 12.3. The molecular formula is C13H15N3O3S. The standard InChI is InChI=1S/C13H15N3O3S/c1-9-13(8-16(3)14-9)20(18,19)15-12-6-4-5-11(7-12)10(2)17/h4-8,15H,1-3H3. The molecule has 1 aromatic heterocycles. The van der Waals surface area contributed by atoms with Crippen molar-refractivity contribution in [1.29, 1.82) is 0 Å². The summed E-state index contributed by atoms with van der Waals surface area (Å²) in [6.45, 7) is 3.05. The first-order valence-corrected chi connectivity index (χ1v) is 7.42. The van der Waals surface area contributed by atoms with Crippen LogP contribution in [0.15, 0.2) is 35.4 Å². The molecule has 1 N–H and O–H groups in total. The summed E-state index contributed by atoms with van der Waals surface area (Å²) in [5.41, 5.74) is 1.22. The van der Waals surface area contributed by atoms with Crippen molar-refractivity contribution in [2.24, 2.45) is 7.05 Å². The van der Waals surface area contributed by atoms with Crippen LogP contribution in [0, 0.1) is 6.92 Å². The first-order chi connectivity index (χ1) is 9.29. The number of nitrogens with zero attached hydrogens (tertiary/aromatic N) is 2. The highest BCUT2D eigenvalue weighted by atomic mass is 32.2. The second-order valence-corrected chi connectivity index (χ2v) is 6.15. The Bertz CT molecular complexity index is 763. The quantitative estimate of drug-likeness (QED) is 0.870. The number of sulfonamides is 1. The Balaban J connectivity index is 2.36. The second kappa shape index (κ2) is 5.09. The van der Waals surface area contributed by atoms with E-state index in [9.17, 15) is 13.2 Å². The Morgan fingerprint density at radius 1 is 1.35 bits per heavy atom. The van der Waals surface area contributed by atoms with E-state index in [2.05, 4.69) is 9.82 Å². The molecule has 1 heterocycles. The number of carbonyl (C=O) groups excluding carboxylic acids is 1. The minimum atomic E-state index is -3.71. The van der Waals surface area contributed by atoms with Crippen LogP contribution in [-0.4, -0.2) is 24.0 Å². The summed E-state index contributed by atoms with van der Waals surface area (Å²) in [6.07, 6.45) is 1.44. The molecule has 2 aromatic rings. The lowest BCUT2D eigenvalue weighted by molar-refractivity contribution is 0.101.